The molecule has 0 amide bonds. The van der Waals surface area contributed by atoms with E-state index in [2.05, 4.69) is 19.2 Å². The van der Waals surface area contributed by atoms with Crippen LogP contribution in [-0.4, -0.2) is 5.78 Å². The molecule has 0 spiro atoms. The van der Waals surface area contributed by atoms with Crippen molar-refractivity contribution in [2.45, 2.75) is 26.7 Å². The Hall–Kier alpha value is -1.28. The molecule has 0 atom stereocenters. The molecule has 1 aromatic rings. The summed E-state index contributed by atoms with van der Waals surface area (Å²) >= 11 is 5.92. The van der Waals surface area contributed by atoms with Crippen molar-refractivity contribution < 1.29 is 4.79 Å². The fraction of sp³-hybridized carbons (Fsp3) is 0.357. The zero-order chi connectivity index (χ0) is 12.5. The van der Waals surface area contributed by atoms with E-state index in [4.69, 9.17) is 11.6 Å². The van der Waals surface area contributed by atoms with Gasteiger partial charge in [-0.2, -0.15) is 0 Å². The third-order valence-corrected chi connectivity index (χ3v) is 3.02. The van der Waals surface area contributed by atoms with Crippen molar-refractivity contribution in [1.82, 2.24) is 0 Å². The Balaban J connectivity index is 2.16. The second-order valence-corrected chi connectivity index (χ2v) is 5.73. The monoisotopic (exact) mass is 249 g/mol. The van der Waals surface area contributed by atoms with Crippen LogP contribution in [0.2, 0.25) is 5.02 Å². The van der Waals surface area contributed by atoms with Gasteiger partial charge in [-0.05, 0) is 30.0 Å². The topological polar surface area (TPSA) is 29.1 Å². The minimum absolute atomic E-state index is 0.0345. The predicted octanol–water partition coefficient (Wildman–Crippen LogP) is 4.02. The van der Waals surface area contributed by atoms with E-state index in [1.54, 1.807) is 6.08 Å². The van der Waals surface area contributed by atoms with Gasteiger partial charge in [0.15, 0.2) is 5.78 Å². The number of rotatable bonds is 2. The molecule has 0 saturated carbocycles. The Morgan fingerprint density at radius 2 is 2.06 bits per heavy atom. The summed E-state index contributed by atoms with van der Waals surface area (Å²) in [6.45, 7) is 4.22. The Bertz CT molecular complexity index is 477. The van der Waals surface area contributed by atoms with Crippen LogP contribution >= 0.6 is 11.6 Å². The molecular weight excluding hydrogens is 234 g/mol. The molecule has 1 aromatic carbocycles. The molecule has 3 heteroatoms. The summed E-state index contributed by atoms with van der Waals surface area (Å²) < 4.78 is 0. The number of anilines is 1. The standard InChI is InChI=1S/C14H16ClNO/c1-14(2)8-12(7-13(17)9-14)16-11-5-3-4-10(15)6-11/h3-7,16H,8-9H2,1-2H3. The molecule has 0 unspecified atom stereocenters. The largest absolute Gasteiger partial charge is 0.359 e. The molecule has 0 bridgehead atoms. The molecule has 17 heavy (non-hydrogen) atoms. The van der Waals surface area contributed by atoms with Crippen LogP contribution in [0.4, 0.5) is 5.69 Å². The van der Waals surface area contributed by atoms with Crippen LogP contribution in [0.1, 0.15) is 26.7 Å². The lowest BCUT2D eigenvalue weighted by atomic mass is 9.79. The molecule has 0 heterocycles. The maximum atomic E-state index is 11.6. The normalized spacial score (nSPS) is 18.8. The van der Waals surface area contributed by atoms with Crippen LogP contribution in [0.5, 0.6) is 0 Å². The molecule has 0 aliphatic heterocycles. The van der Waals surface area contributed by atoms with Gasteiger partial charge in [-0.3, -0.25) is 4.79 Å². The zero-order valence-corrected chi connectivity index (χ0v) is 10.8. The highest BCUT2D eigenvalue weighted by molar-refractivity contribution is 6.30. The summed E-state index contributed by atoms with van der Waals surface area (Å²) in [5, 5.41) is 3.96. The van der Waals surface area contributed by atoms with E-state index in [1.807, 2.05) is 24.3 Å². The highest BCUT2D eigenvalue weighted by atomic mass is 35.5. The number of nitrogens with one attached hydrogen (secondary N) is 1. The number of hydrogen-bond donors (Lipinski definition) is 1. The second kappa shape index (κ2) is 4.53. The molecule has 0 aromatic heterocycles. The van der Waals surface area contributed by atoms with Crippen LogP contribution in [0.3, 0.4) is 0 Å². The van der Waals surface area contributed by atoms with Crippen molar-refractivity contribution in [3.63, 3.8) is 0 Å². The van der Waals surface area contributed by atoms with Crippen molar-refractivity contribution in [2.75, 3.05) is 5.32 Å². The van der Waals surface area contributed by atoms with Crippen molar-refractivity contribution in [2.24, 2.45) is 5.41 Å². The van der Waals surface area contributed by atoms with Gasteiger partial charge in [-0.1, -0.05) is 31.5 Å². The molecule has 2 rings (SSSR count). The average Bonchev–Trinajstić information content (AvgIpc) is 2.13. The van der Waals surface area contributed by atoms with E-state index in [1.165, 1.54) is 0 Å². The van der Waals surface area contributed by atoms with Crippen molar-refractivity contribution in [3.8, 4) is 0 Å². The van der Waals surface area contributed by atoms with Gasteiger partial charge in [0.05, 0.1) is 0 Å². The first-order chi connectivity index (χ1) is 7.94. The lowest BCUT2D eigenvalue weighted by Gasteiger charge is -2.29. The van der Waals surface area contributed by atoms with Gasteiger partial charge in [-0.15, -0.1) is 0 Å². The van der Waals surface area contributed by atoms with Crippen LogP contribution in [-0.2, 0) is 4.79 Å². The number of carbonyl (C=O) groups excluding carboxylic acids is 1. The predicted molar refractivity (Wildman–Crippen MR) is 71.2 cm³/mol. The summed E-state index contributed by atoms with van der Waals surface area (Å²) in [6.07, 6.45) is 3.20. The summed E-state index contributed by atoms with van der Waals surface area (Å²) in [5.41, 5.74) is 1.93. The first kappa shape index (κ1) is 12.2. The number of carbonyl (C=O) groups is 1. The minimum atomic E-state index is 0.0345. The Labute approximate surface area is 107 Å². The van der Waals surface area contributed by atoms with Gasteiger partial charge < -0.3 is 5.32 Å². The van der Waals surface area contributed by atoms with Crippen LogP contribution in [0.25, 0.3) is 0 Å². The van der Waals surface area contributed by atoms with E-state index in [9.17, 15) is 4.79 Å². The molecule has 1 N–H and O–H groups in total. The first-order valence-corrected chi connectivity index (χ1v) is 6.08. The Kier molecular flexibility index (Phi) is 3.25. The van der Waals surface area contributed by atoms with E-state index in [0.29, 0.717) is 11.4 Å². The third kappa shape index (κ3) is 3.34. The van der Waals surface area contributed by atoms with Crippen molar-refractivity contribution in [1.29, 1.82) is 0 Å². The lowest BCUT2D eigenvalue weighted by Crippen LogP contribution is -2.24. The minimum Gasteiger partial charge on any atom is -0.359 e. The van der Waals surface area contributed by atoms with Gasteiger partial charge in [-0.25, -0.2) is 0 Å². The summed E-state index contributed by atoms with van der Waals surface area (Å²) in [5.74, 6) is 0.186. The Morgan fingerprint density at radius 3 is 2.71 bits per heavy atom. The molecule has 0 saturated heterocycles. The SMILES string of the molecule is CC1(C)CC(=O)C=C(Nc2cccc(Cl)c2)C1. The second-order valence-electron chi connectivity index (χ2n) is 5.29. The zero-order valence-electron chi connectivity index (χ0n) is 10.1. The fourth-order valence-corrected chi connectivity index (χ4v) is 2.37. The molecule has 1 aliphatic rings. The van der Waals surface area contributed by atoms with E-state index >= 15 is 0 Å². The highest BCUT2D eigenvalue weighted by Crippen LogP contribution is 2.34. The van der Waals surface area contributed by atoms with E-state index in [-0.39, 0.29) is 11.2 Å². The molecular formula is C14H16ClNO. The van der Waals surface area contributed by atoms with Gasteiger partial charge in [0.2, 0.25) is 0 Å². The lowest BCUT2D eigenvalue weighted by molar-refractivity contribution is -0.117. The maximum absolute atomic E-state index is 11.6. The van der Waals surface area contributed by atoms with Gasteiger partial charge in [0.25, 0.3) is 0 Å². The number of halogens is 1. The smallest absolute Gasteiger partial charge is 0.157 e. The van der Waals surface area contributed by atoms with E-state index < -0.39 is 0 Å². The van der Waals surface area contributed by atoms with Crippen molar-refractivity contribution >= 4 is 23.1 Å². The molecule has 90 valence electrons. The van der Waals surface area contributed by atoms with Crippen molar-refractivity contribution in [3.05, 3.63) is 41.1 Å². The number of allylic oxidation sites excluding steroid dienone is 2. The van der Waals surface area contributed by atoms with Gasteiger partial charge in [0.1, 0.15) is 0 Å². The highest BCUT2D eigenvalue weighted by Gasteiger charge is 2.27. The number of benzene rings is 1. The molecule has 1 aliphatic carbocycles. The average molecular weight is 250 g/mol. The molecule has 0 fully saturated rings. The fourth-order valence-electron chi connectivity index (χ4n) is 2.18. The summed E-state index contributed by atoms with van der Waals surface area (Å²) in [4.78, 5) is 11.6. The van der Waals surface area contributed by atoms with Gasteiger partial charge >= 0.3 is 0 Å². The number of hydrogen-bond acceptors (Lipinski definition) is 2. The Morgan fingerprint density at radius 1 is 1.29 bits per heavy atom. The summed E-state index contributed by atoms with van der Waals surface area (Å²) in [6, 6.07) is 7.52. The van der Waals surface area contributed by atoms with Crippen LogP contribution in [0.15, 0.2) is 36.0 Å². The number of ketones is 1. The quantitative estimate of drug-likeness (QED) is 0.858. The van der Waals surface area contributed by atoms with Gasteiger partial charge in [0, 0.05) is 28.9 Å². The molecule has 0 radical (unpaired) electrons. The third-order valence-electron chi connectivity index (χ3n) is 2.79. The van der Waals surface area contributed by atoms with E-state index in [0.717, 1.165) is 17.8 Å². The maximum Gasteiger partial charge on any atom is 0.157 e. The van der Waals surface area contributed by atoms with Crippen LogP contribution < -0.4 is 5.32 Å². The molecule has 2 nitrogen and oxygen atoms in total. The first-order valence-electron chi connectivity index (χ1n) is 5.71. The summed E-state index contributed by atoms with van der Waals surface area (Å²) in [7, 11) is 0. The van der Waals surface area contributed by atoms with Crippen LogP contribution in [0, 0.1) is 5.41 Å².